The fraction of sp³-hybridized carbons (Fsp3) is 0.158. The Labute approximate surface area is 188 Å². The van der Waals surface area contributed by atoms with Gasteiger partial charge in [0.25, 0.3) is 0 Å². The zero-order valence-corrected chi connectivity index (χ0v) is 19.1. The Bertz CT molecular complexity index is 1120. The fourth-order valence-electron chi connectivity index (χ4n) is 2.93. The van der Waals surface area contributed by atoms with Crippen molar-refractivity contribution in [1.82, 2.24) is 9.55 Å². The molecule has 1 atom stereocenters. The molecule has 0 aliphatic rings. The minimum atomic E-state index is -1.03. The molecule has 3 rings (SSSR count). The number of aromatic nitrogens is 2. The molecule has 156 valence electrons. The van der Waals surface area contributed by atoms with Crippen molar-refractivity contribution < 1.29 is 14.8 Å². The summed E-state index contributed by atoms with van der Waals surface area (Å²) >= 11 is 11.6. The Hall–Kier alpha value is -2.54. The van der Waals surface area contributed by atoms with E-state index in [1.165, 1.54) is 6.07 Å². The van der Waals surface area contributed by atoms with Crippen molar-refractivity contribution in [1.29, 1.82) is 0 Å². The Kier molecular flexibility index (Phi) is 7.02. The van der Waals surface area contributed by atoms with Crippen LogP contribution in [0.15, 0.2) is 42.7 Å². The number of carboxylic acids is 1. The Morgan fingerprint density at radius 2 is 2.00 bits per heavy atom. The molecule has 1 aromatic carbocycles. The van der Waals surface area contributed by atoms with Gasteiger partial charge in [-0.25, -0.2) is 0 Å². The van der Waals surface area contributed by atoms with Crippen molar-refractivity contribution in [3.63, 3.8) is 0 Å². The number of nitro groups is 1. The van der Waals surface area contributed by atoms with E-state index in [9.17, 15) is 20.0 Å². The average molecular weight is 511 g/mol. The Morgan fingerprint density at radius 1 is 1.23 bits per heavy atom. The van der Waals surface area contributed by atoms with Crippen LogP contribution in [-0.2, 0) is 6.54 Å². The maximum absolute atomic E-state index is 11.7. The van der Waals surface area contributed by atoms with Crippen LogP contribution in [-0.4, -0.2) is 41.3 Å². The number of nitrogen functional groups attached to an aromatic ring is 1. The summed E-state index contributed by atoms with van der Waals surface area (Å²) in [6.07, 6.45) is 4.16. The Balaban J connectivity index is 1.67. The topological polar surface area (TPSA) is 124 Å². The first-order valence-electron chi connectivity index (χ1n) is 8.79. The fourth-order valence-corrected chi connectivity index (χ4v) is 5.52. The van der Waals surface area contributed by atoms with E-state index in [0.29, 0.717) is 27.7 Å². The van der Waals surface area contributed by atoms with Gasteiger partial charge >= 0.3 is 189 Å². The molecule has 0 aliphatic heterocycles. The number of anilines is 1. The standard InChI is InChI=1S/C19H17AsCl2N4O4/c21-11-2-3-12(15(22)8-11)13-9-25(10-14(13)19(27)28)7-1-6-20-17-5-4-16(26(29)30)18(23)24-17/h2-5,8-10,20H,1,6-7H2,(H2,23,24)(H,27,28). The van der Waals surface area contributed by atoms with Crippen LogP contribution in [0.1, 0.15) is 16.8 Å². The van der Waals surface area contributed by atoms with Gasteiger partial charge in [-0.1, -0.05) is 0 Å². The summed E-state index contributed by atoms with van der Waals surface area (Å²) in [4.78, 5) is 26.0. The molecule has 0 bridgehead atoms. The minimum absolute atomic E-state index is 0.0674. The zero-order valence-electron chi connectivity index (χ0n) is 15.5. The SMILES string of the molecule is Nc1nc([AsH]CCCn2cc(C(=O)O)c(-c3ccc(Cl)cc3Cl)c2)ccc1[N+](=O)[O-]. The summed E-state index contributed by atoms with van der Waals surface area (Å²) in [5.74, 6) is -1.10. The number of hydrogen-bond acceptors (Lipinski definition) is 5. The molecule has 2 aromatic heterocycles. The summed E-state index contributed by atoms with van der Waals surface area (Å²) in [7, 11) is 0. The summed E-state index contributed by atoms with van der Waals surface area (Å²) in [6, 6.07) is 7.98. The van der Waals surface area contributed by atoms with Gasteiger partial charge in [-0.3, -0.25) is 0 Å². The van der Waals surface area contributed by atoms with Gasteiger partial charge in [-0.05, 0) is 0 Å². The molecule has 0 aliphatic carbocycles. The van der Waals surface area contributed by atoms with Crippen molar-refractivity contribution in [2.24, 2.45) is 0 Å². The van der Waals surface area contributed by atoms with Crippen LogP contribution >= 0.6 is 23.2 Å². The molecule has 3 aromatic rings. The van der Waals surface area contributed by atoms with E-state index < -0.39 is 26.6 Å². The predicted molar refractivity (Wildman–Crippen MR) is 118 cm³/mol. The molecule has 8 nitrogen and oxygen atoms in total. The van der Waals surface area contributed by atoms with E-state index in [1.807, 2.05) is 4.57 Å². The van der Waals surface area contributed by atoms with Gasteiger partial charge in [-0.2, -0.15) is 0 Å². The van der Waals surface area contributed by atoms with Crippen LogP contribution in [0.5, 0.6) is 0 Å². The third-order valence-corrected chi connectivity index (χ3v) is 7.49. The van der Waals surface area contributed by atoms with Gasteiger partial charge in [0.1, 0.15) is 0 Å². The van der Waals surface area contributed by atoms with Crippen LogP contribution in [0.2, 0.25) is 15.3 Å². The van der Waals surface area contributed by atoms with Crippen molar-refractivity contribution in [3.05, 3.63) is 68.4 Å². The number of halogens is 2. The van der Waals surface area contributed by atoms with E-state index >= 15 is 0 Å². The molecule has 1 unspecified atom stereocenters. The molecule has 0 fully saturated rings. The molecule has 0 amide bonds. The van der Waals surface area contributed by atoms with E-state index in [1.54, 1.807) is 36.7 Å². The summed E-state index contributed by atoms with van der Waals surface area (Å²) in [5, 5.41) is 22.1. The number of nitrogens with zero attached hydrogens (tertiary/aromatic N) is 3. The number of hydrogen-bond donors (Lipinski definition) is 2. The van der Waals surface area contributed by atoms with Crippen LogP contribution in [0.4, 0.5) is 11.5 Å². The molecule has 30 heavy (non-hydrogen) atoms. The third kappa shape index (κ3) is 5.14. The zero-order chi connectivity index (χ0) is 21.8. The number of nitrogens with two attached hydrogens (primary N) is 1. The van der Waals surface area contributed by atoms with Gasteiger partial charge < -0.3 is 0 Å². The number of aryl methyl sites for hydroxylation is 1. The average Bonchev–Trinajstić information content (AvgIpc) is 3.09. The summed E-state index contributed by atoms with van der Waals surface area (Å²) in [6.45, 7) is 0.622. The molecule has 0 spiro atoms. The quantitative estimate of drug-likeness (QED) is 0.206. The second-order valence-electron chi connectivity index (χ2n) is 6.39. The van der Waals surface area contributed by atoms with Gasteiger partial charge in [0.15, 0.2) is 0 Å². The van der Waals surface area contributed by atoms with Crippen LogP contribution in [0.25, 0.3) is 11.1 Å². The molecule has 3 N–H and O–H groups in total. The second kappa shape index (κ2) is 9.51. The van der Waals surface area contributed by atoms with E-state index in [4.69, 9.17) is 28.9 Å². The maximum atomic E-state index is 11.7. The summed E-state index contributed by atoms with van der Waals surface area (Å²) in [5.41, 5.74) is 6.75. The molecule has 0 saturated heterocycles. The van der Waals surface area contributed by atoms with Gasteiger partial charge in [0.2, 0.25) is 0 Å². The predicted octanol–water partition coefficient (Wildman–Crippen LogP) is 3.62. The van der Waals surface area contributed by atoms with Crippen molar-refractivity contribution in [2.75, 3.05) is 5.73 Å². The molecule has 0 saturated carbocycles. The number of carboxylic acid groups (broad SMARTS) is 1. The van der Waals surface area contributed by atoms with Gasteiger partial charge in [-0.15, -0.1) is 0 Å². The van der Waals surface area contributed by atoms with Crippen LogP contribution in [0.3, 0.4) is 0 Å². The van der Waals surface area contributed by atoms with E-state index in [-0.39, 0.29) is 17.1 Å². The first-order valence-corrected chi connectivity index (χ1v) is 12.1. The molecule has 2 heterocycles. The number of benzene rings is 1. The normalized spacial score (nSPS) is 11.3. The Morgan fingerprint density at radius 3 is 2.63 bits per heavy atom. The molecular formula is C19H17AsCl2N4O4. The molecule has 0 radical (unpaired) electrons. The van der Waals surface area contributed by atoms with Crippen molar-refractivity contribution >= 4 is 60.9 Å². The molecular weight excluding hydrogens is 494 g/mol. The summed E-state index contributed by atoms with van der Waals surface area (Å²) < 4.78 is 2.62. The van der Waals surface area contributed by atoms with Crippen molar-refractivity contribution in [2.45, 2.75) is 18.2 Å². The second-order valence-corrected chi connectivity index (χ2v) is 10.1. The first-order chi connectivity index (χ1) is 14.3. The van der Waals surface area contributed by atoms with Crippen LogP contribution < -0.4 is 10.2 Å². The van der Waals surface area contributed by atoms with E-state index in [0.717, 1.165) is 16.1 Å². The number of aromatic carboxylic acids is 1. The first kappa shape index (κ1) is 22.2. The van der Waals surface area contributed by atoms with Gasteiger partial charge in [0.05, 0.1) is 0 Å². The molecule has 11 heteroatoms. The number of rotatable bonds is 8. The third-order valence-electron chi connectivity index (χ3n) is 4.33. The van der Waals surface area contributed by atoms with E-state index in [2.05, 4.69) is 4.98 Å². The number of pyridine rings is 1. The van der Waals surface area contributed by atoms with Crippen LogP contribution in [0, 0.1) is 10.1 Å². The van der Waals surface area contributed by atoms with Gasteiger partial charge in [0, 0.05) is 0 Å². The van der Waals surface area contributed by atoms with Crippen molar-refractivity contribution in [3.8, 4) is 11.1 Å². The monoisotopic (exact) mass is 510 g/mol. The number of carbonyl (C=O) groups is 1.